The topological polar surface area (TPSA) is 59.2 Å². The van der Waals surface area contributed by atoms with Gasteiger partial charge in [-0.2, -0.15) is 18.2 Å². The van der Waals surface area contributed by atoms with E-state index >= 15 is 0 Å². The Morgan fingerprint density at radius 1 is 1.26 bits per heavy atom. The molecule has 1 fully saturated rings. The zero-order valence-corrected chi connectivity index (χ0v) is 12.5. The lowest BCUT2D eigenvalue weighted by atomic mass is 10.1. The van der Waals surface area contributed by atoms with E-state index in [0.717, 1.165) is 12.8 Å². The van der Waals surface area contributed by atoms with Crippen molar-refractivity contribution < 1.29 is 22.5 Å². The highest BCUT2D eigenvalue weighted by atomic mass is 19.4. The lowest BCUT2D eigenvalue weighted by molar-refractivity contribution is -0.159. The molecule has 0 bridgehead atoms. The molecule has 8 heteroatoms. The van der Waals surface area contributed by atoms with Crippen LogP contribution in [0.2, 0.25) is 0 Å². The van der Waals surface area contributed by atoms with Gasteiger partial charge in [-0.3, -0.25) is 4.79 Å². The molecule has 1 aromatic heterocycles. The standard InChI is InChI=1S/C15H14F3N3O2/c1-14(7-8-14)13(22)21(2)10-5-3-9(4-6-10)11-19-12(23-20-11)15(16,17)18/h3-6H,7-8H2,1-2H3. The molecule has 0 unspecified atom stereocenters. The predicted octanol–water partition coefficient (Wildman–Crippen LogP) is 3.52. The van der Waals surface area contributed by atoms with E-state index in [1.54, 1.807) is 36.2 Å². The van der Waals surface area contributed by atoms with Gasteiger partial charge in [0.25, 0.3) is 0 Å². The molecule has 23 heavy (non-hydrogen) atoms. The van der Waals surface area contributed by atoms with Crippen molar-refractivity contribution >= 4 is 11.6 Å². The van der Waals surface area contributed by atoms with Crippen LogP contribution >= 0.6 is 0 Å². The first-order chi connectivity index (χ1) is 10.7. The van der Waals surface area contributed by atoms with Gasteiger partial charge in [0.2, 0.25) is 11.7 Å². The average molecular weight is 325 g/mol. The minimum absolute atomic E-state index is 0.0316. The molecule has 2 aromatic rings. The first kappa shape index (κ1) is 15.5. The molecule has 1 aliphatic carbocycles. The first-order valence-corrected chi connectivity index (χ1v) is 7.00. The number of nitrogens with zero attached hydrogens (tertiary/aromatic N) is 3. The summed E-state index contributed by atoms with van der Waals surface area (Å²) in [6.45, 7) is 1.91. The van der Waals surface area contributed by atoms with Gasteiger partial charge >= 0.3 is 12.1 Å². The van der Waals surface area contributed by atoms with Gasteiger partial charge in [0.15, 0.2) is 0 Å². The van der Waals surface area contributed by atoms with E-state index in [0.29, 0.717) is 11.3 Å². The molecule has 1 aromatic carbocycles. The molecule has 0 radical (unpaired) electrons. The molecule has 0 atom stereocenters. The monoisotopic (exact) mass is 325 g/mol. The van der Waals surface area contributed by atoms with Crippen LogP contribution in [0.25, 0.3) is 11.4 Å². The van der Waals surface area contributed by atoms with Crippen molar-refractivity contribution in [2.45, 2.75) is 25.9 Å². The van der Waals surface area contributed by atoms with Crippen molar-refractivity contribution in [2.24, 2.45) is 5.41 Å². The Bertz CT molecular complexity index is 733. The lowest BCUT2D eigenvalue weighted by Crippen LogP contribution is -2.32. The van der Waals surface area contributed by atoms with Crippen LogP contribution in [0.1, 0.15) is 25.7 Å². The summed E-state index contributed by atoms with van der Waals surface area (Å²) in [7, 11) is 1.68. The summed E-state index contributed by atoms with van der Waals surface area (Å²) in [5.41, 5.74) is 0.751. The van der Waals surface area contributed by atoms with Gasteiger partial charge < -0.3 is 9.42 Å². The number of hydrogen-bond acceptors (Lipinski definition) is 4. The maximum absolute atomic E-state index is 12.5. The van der Waals surface area contributed by atoms with Crippen molar-refractivity contribution in [1.29, 1.82) is 0 Å². The molecule has 3 rings (SSSR count). The van der Waals surface area contributed by atoms with Crippen molar-refractivity contribution in [2.75, 3.05) is 11.9 Å². The predicted molar refractivity (Wildman–Crippen MR) is 75.5 cm³/mol. The second kappa shape index (κ2) is 5.07. The number of amides is 1. The lowest BCUT2D eigenvalue weighted by Gasteiger charge is -2.21. The zero-order chi connectivity index (χ0) is 16.8. The molecule has 1 saturated carbocycles. The van der Waals surface area contributed by atoms with Crippen LogP contribution in [-0.2, 0) is 11.0 Å². The number of benzene rings is 1. The third-order valence-electron chi connectivity index (χ3n) is 4.00. The number of alkyl halides is 3. The van der Waals surface area contributed by atoms with Gasteiger partial charge in [0.1, 0.15) is 0 Å². The van der Waals surface area contributed by atoms with E-state index in [1.165, 1.54) is 0 Å². The summed E-state index contributed by atoms with van der Waals surface area (Å²) in [4.78, 5) is 17.1. The van der Waals surface area contributed by atoms with Crippen LogP contribution in [0.5, 0.6) is 0 Å². The summed E-state index contributed by atoms with van der Waals surface area (Å²) in [6, 6.07) is 6.39. The fourth-order valence-electron chi connectivity index (χ4n) is 2.21. The Morgan fingerprint density at radius 3 is 2.35 bits per heavy atom. The summed E-state index contributed by atoms with van der Waals surface area (Å²) < 4.78 is 41.6. The van der Waals surface area contributed by atoms with Crippen molar-refractivity contribution in [3.8, 4) is 11.4 Å². The highest BCUT2D eigenvalue weighted by molar-refractivity contribution is 5.98. The van der Waals surface area contributed by atoms with Crippen LogP contribution < -0.4 is 4.90 Å². The van der Waals surface area contributed by atoms with E-state index in [2.05, 4.69) is 14.7 Å². The van der Waals surface area contributed by atoms with E-state index in [4.69, 9.17) is 0 Å². The van der Waals surface area contributed by atoms with Gasteiger partial charge in [-0.15, -0.1) is 0 Å². The second-order valence-electron chi connectivity index (χ2n) is 5.89. The Kier molecular flexibility index (Phi) is 3.42. The normalized spacial score (nSPS) is 16.2. The van der Waals surface area contributed by atoms with Gasteiger partial charge in [0, 0.05) is 23.7 Å². The molecular formula is C15H14F3N3O2. The Balaban J connectivity index is 1.79. The maximum Gasteiger partial charge on any atom is 0.471 e. The van der Waals surface area contributed by atoms with Crippen LogP contribution in [-0.4, -0.2) is 23.1 Å². The molecule has 1 aliphatic rings. The Morgan fingerprint density at radius 2 is 1.87 bits per heavy atom. The van der Waals surface area contributed by atoms with Crippen molar-refractivity contribution in [3.05, 3.63) is 30.2 Å². The molecule has 1 heterocycles. The quantitative estimate of drug-likeness (QED) is 0.866. The maximum atomic E-state index is 12.5. The number of anilines is 1. The van der Waals surface area contributed by atoms with Gasteiger partial charge in [-0.05, 0) is 37.1 Å². The van der Waals surface area contributed by atoms with Crippen LogP contribution in [0.15, 0.2) is 28.8 Å². The molecule has 1 amide bonds. The third-order valence-corrected chi connectivity index (χ3v) is 4.00. The molecule has 0 aliphatic heterocycles. The molecule has 0 spiro atoms. The number of carbonyl (C=O) groups excluding carboxylic acids is 1. The summed E-state index contributed by atoms with van der Waals surface area (Å²) >= 11 is 0. The number of halogens is 3. The fraction of sp³-hybridized carbons (Fsp3) is 0.400. The third kappa shape index (κ3) is 2.93. The van der Waals surface area contributed by atoms with E-state index in [1.807, 2.05) is 6.92 Å². The van der Waals surface area contributed by atoms with Gasteiger partial charge in [0.05, 0.1) is 0 Å². The van der Waals surface area contributed by atoms with E-state index < -0.39 is 12.1 Å². The minimum atomic E-state index is -4.67. The smallest absolute Gasteiger partial charge is 0.329 e. The first-order valence-electron chi connectivity index (χ1n) is 7.00. The zero-order valence-electron chi connectivity index (χ0n) is 12.5. The van der Waals surface area contributed by atoms with Gasteiger partial charge in [-0.1, -0.05) is 12.1 Å². The Hall–Kier alpha value is -2.38. The largest absolute Gasteiger partial charge is 0.471 e. The number of aromatic nitrogens is 2. The average Bonchev–Trinajstić information content (AvgIpc) is 3.06. The summed E-state index contributed by atoms with van der Waals surface area (Å²) in [5.74, 6) is -1.50. The van der Waals surface area contributed by atoms with E-state index in [-0.39, 0.29) is 17.1 Å². The SMILES string of the molecule is CN(C(=O)C1(C)CC1)c1ccc(-c2noc(C(F)(F)F)n2)cc1. The molecule has 0 N–H and O–H groups in total. The van der Waals surface area contributed by atoms with Crippen LogP contribution in [0.4, 0.5) is 18.9 Å². The molecule has 122 valence electrons. The highest BCUT2D eigenvalue weighted by Crippen LogP contribution is 2.46. The van der Waals surface area contributed by atoms with E-state index in [9.17, 15) is 18.0 Å². The summed E-state index contributed by atoms with van der Waals surface area (Å²) in [6.07, 6.45) is -2.92. The molecular weight excluding hydrogens is 311 g/mol. The fourth-order valence-corrected chi connectivity index (χ4v) is 2.21. The molecule has 5 nitrogen and oxygen atoms in total. The van der Waals surface area contributed by atoms with Crippen molar-refractivity contribution in [1.82, 2.24) is 10.1 Å². The van der Waals surface area contributed by atoms with Crippen LogP contribution in [0, 0.1) is 5.41 Å². The van der Waals surface area contributed by atoms with Crippen molar-refractivity contribution in [3.63, 3.8) is 0 Å². The number of hydrogen-bond donors (Lipinski definition) is 0. The second-order valence-corrected chi connectivity index (χ2v) is 5.89. The van der Waals surface area contributed by atoms with Crippen LogP contribution in [0.3, 0.4) is 0 Å². The highest BCUT2D eigenvalue weighted by Gasteiger charge is 2.46. The number of carbonyl (C=O) groups is 1. The number of rotatable bonds is 3. The minimum Gasteiger partial charge on any atom is -0.329 e. The summed E-state index contributed by atoms with van der Waals surface area (Å²) in [5, 5.41) is 3.33. The van der Waals surface area contributed by atoms with Gasteiger partial charge in [-0.25, -0.2) is 0 Å². The Labute approximate surface area is 130 Å². The molecule has 0 saturated heterocycles.